The van der Waals surface area contributed by atoms with Crippen LogP contribution in [-0.4, -0.2) is 31.7 Å². The predicted octanol–water partition coefficient (Wildman–Crippen LogP) is 4.55. The van der Waals surface area contributed by atoms with Crippen LogP contribution in [0.5, 0.6) is 0 Å². The highest BCUT2D eigenvalue weighted by Crippen LogP contribution is 2.58. The van der Waals surface area contributed by atoms with Crippen LogP contribution in [0.1, 0.15) is 32.1 Å². The normalized spacial score (nSPS) is 34.9. The fourth-order valence-corrected chi connectivity index (χ4v) is 9.77. The molecule has 0 amide bonds. The van der Waals surface area contributed by atoms with E-state index in [0.717, 1.165) is 10.5 Å². The smallest absolute Gasteiger partial charge is 0.0640 e. The Balaban J connectivity index is 1.65. The maximum atomic E-state index is 2.30. The van der Waals surface area contributed by atoms with E-state index in [1.165, 1.54) is 55.1 Å². The number of rotatable bonds is 2. The van der Waals surface area contributed by atoms with Gasteiger partial charge in [0.25, 0.3) is 0 Å². The van der Waals surface area contributed by atoms with Crippen LogP contribution in [0.3, 0.4) is 0 Å². The van der Waals surface area contributed by atoms with Gasteiger partial charge in [-0.05, 0) is 25.2 Å². The third-order valence-corrected chi connectivity index (χ3v) is 10.8. The molecule has 0 nitrogen and oxygen atoms in total. The molecule has 2 heterocycles. The van der Waals surface area contributed by atoms with Gasteiger partial charge in [-0.25, -0.2) is 0 Å². The Bertz CT molecular complexity index is 231. The summed E-state index contributed by atoms with van der Waals surface area (Å²) in [5.41, 5.74) is 0. The highest BCUT2D eigenvalue weighted by atomic mass is 32.2. The van der Waals surface area contributed by atoms with E-state index >= 15 is 0 Å². The van der Waals surface area contributed by atoms with E-state index in [1.54, 1.807) is 0 Å². The Labute approximate surface area is 116 Å². The summed E-state index contributed by atoms with van der Waals surface area (Å²) in [5.74, 6) is 6.63. The fourth-order valence-electron chi connectivity index (χ4n) is 3.11. The van der Waals surface area contributed by atoms with E-state index in [0.29, 0.717) is 4.08 Å². The van der Waals surface area contributed by atoms with Gasteiger partial charge in [-0.1, -0.05) is 12.8 Å². The van der Waals surface area contributed by atoms with Crippen molar-refractivity contribution in [1.82, 2.24) is 0 Å². The van der Waals surface area contributed by atoms with Gasteiger partial charge in [0, 0.05) is 23.0 Å². The molecular formula is C12H20S4. The van der Waals surface area contributed by atoms with E-state index in [-0.39, 0.29) is 0 Å². The highest BCUT2D eigenvalue weighted by Gasteiger charge is 2.45. The first kappa shape index (κ1) is 12.4. The van der Waals surface area contributed by atoms with Crippen LogP contribution in [0.2, 0.25) is 0 Å². The van der Waals surface area contributed by atoms with Gasteiger partial charge in [0.1, 0.15) is 0 Å². The van der Waals surface area contributed by atoms with Crippen molar-refractivity contribution in [3.63, 3.8) is 0 Å². The minimum Gasteiger partial charge on any atom is -0.147 e. The average Bonchev–Trinajstić information content (AvgIpc) is 2.94. The molecule has 0 aromatic rings. The Morgan fingerprint density at radius 3 is 2.44 bits per heavy atom. The number of thioether (sulfide) groups is 4. The van der Waals surface area contributed by atoms with Gasteiger partial charge >= 0.3 is 0 Å². The van der Waals surface area contributed by atoms with Gasteiger partial charge in [0.15, 0.2) is 0 Å². The van der Waals surface area contributed by atoms with Crippen LogP contribution in [0.25, 0.3) is 0 Å². The predicted molar refractivity (Wildman–Crippen MR) is 82.9 cm³/mol. The standard InChI is InChI=1S/C12H20S4/c1-2-4-12(15-7-8-16-12)10(3-1)9-11-13-5-6-14-11/h10-11H,1-9H2. The van der Waals surface area contributed by atoms with Crippen LogP contribution >= 0.6 is 47.0 Å². The second-order valence-electron chi connectivity index (χ2n) is 4.86. The summed E-state index contributed by atoms with van der Waals surface area (Å²) in [6.07, 6.45) is 7.49. The van der Waals surface area contributed by atoms with E-state index in [4.69, 9.17) is 0 Å². The van der Waals surface area contributed by atoms with Crippen LogP contribution in [0.15, 0.2) is 0 Å². The monoisotopic (exact) mass is 292 g/mol. The van der Waals surface area contributed by atoms with Gasteiger partial charge in [-0.2, -0.15) is 0 Å². The third-order valence-electron chi connectivity index (χ3n) is 3.89. The maximum absolute atomic E-state index is 2.30. The van der Waals surface area contributed by atoms with E-state index in [9.17, 15) is 0 Å². The molecule has 0 aromatic carbocycles. The second-order valence-corrected chi connectivity index (χ2v) is 10.9. The first-order valence-corrected chi connectivity index (χ1v) is 10.5. The molecule has 92 valence electrons. The van der Waals surface area contributed by atoms with Gasteiger partial charge in [-0.3, -0.25) is 0 Å². The molecule has 3 aliphatic rings. The average molecular weight is 293 g/mol. The van der Waals surface area contributed by atoms with Crippen molar-refractivity contribution in [2.45, 2.75) is 40.8 Å². The second kappa shape index (κ2) is 5.58. The molecule has 4 heteroatoms. The summed E-state index contributed by atoms with van der Waals surface area (Å²) < 4.78 is 1.59. The zero-order chi connectivity index (χ0) is 10.8. The quantitative estimate of drug-likeness (QED) is 0.732. The Kier molecular flexibility index (Phi) is 4.34. The number of hydrogen-bond acceptors (Lipinski definition) is 4. The molecule has 0 N–H and O–H groups in total. The SMILES string of the molecule is C1CCC2(SCCS2)C(CC2SCCS2)C1. The van der Waals surface area contributed by atoms with Crippen molar-refractivity contribution in [1.29, 1.82) is 0 Å². The first-order valence-electron chi connectivity index (χ1n) is 6.40. The minimum atomic E-state index is 0.655. The molecule has 16 heavy (non-hydrogen) atoms. The lowest BCUT2D eigenvalue weighted by Crippen LogP contribution is -2.33. The molecule has 1 unspecified atom stereocenters. The van der Waals surface area contributed by atoms with Crippen LogP contribution in [0.4, 0.5) is 0 Å². The summed E-state index contributed by atoms with van der Waals surface area (Å²) >= 11 is 9.05. The van der Waals surface area contributed by atoms with Gasteiger partial charge in [-0.15, -0.1) is 47.0 Å². The minimum absolute atomic E-state index is 0.655. The molecule has 1 atom stereocenters. The van der Waals surface area contributed by atoms with Crippen molar-refractivity contribution in [2.75, 3.05) is 23.0 Å². The Morgan fingerprint density at radius 2 is 1.69 bits per heavy atom. The molecule has 2 aliphatic heterocycles. The van der Waals surface area contributed by atoms with Gasteiger partial charge < -0.3 is 0 Å². The largest absolute Gasteiger partial charge is 0.147 e. The van der Waals surface area contributed by atoms with Crippen molar-refractivity contribution in [3.05, 3.63) is 0 Å². The van der Waals surface area contributed by atoms with Crippen LogP contribution in [-0.2, 0) is 0 Å². The molecule has 2 saturated heterocycles. The lowest BCUT2D eigenvalue weighted by molar-refractivity contribution is 0.339. The van der Waals surface area contributed by atoms with Gasteiger partial charge in [0.05, 0.1) is 8.66 Å². The molecule has 1 spiro atoms. The van der Waals surface area contributed by atoms with Crippen LogP contribution in [0, 0.1) is 5.92 Å². The molecule has 0 radical (unpaired) electrons. The summed E-state index contributed by atoms with van der Waals surface area (Å²) in [4.78, 5) is 0. The molecule has 1 saturated carbocycles. The molecular weight excluding hydrogens is 272 g/mol. The third kappa shape index (κ3) is 2.55. The van der Waals surface area contributed by atoms with Gasteiger partial charge in [0.2, 0.25) is 0 Å². The molecule has 0 bridgehead atoms. The molecule has 3 fully saturated rings. The highest BCUT2D eigenvalue weighted by molar-refractivity contribution is 8.21. The lowest BCUT2D eigenvalue weighted by atomic mass is 9.86. The molecule has 1 aliphatic carbocycles. The zero-order valence-electron chi connectivity index (χ0n) is 9.65. The molecule has 3 rings (SSSR count). The van der Waals surface area contributed by atoms with Crippen LogP contribution < -0.4 is 0 Å². The lowest BCUT2D eigenvalue weighted by Gasteiger charge is -2.41. The van der Waals surface area contributed by atoms with Crippen molar-refractivity contribution >= 4 is 47.0 Å². The van der Waals surface area contributed by atoms with Crippen molar-refractivity contribution < 1.29 is 0 Å². The topological polar surface area (TPSA) is 0 Å². The summed E-state index contributed by atoms with van der Waals surface area (Å²) in [7, 11) is 0. The summed E-state index contributed by atoms with van der Waals surface area (Å²) in [6, 6.07) is 0. The zero-order valence-corrected chi connectivity index (χ0v) is 12.9. The Morgan fingerprint density at radius 1 is 0.938 bits per heavy atom. The van der Waals surface area contributed by atoms with E-state index in [2.05, 4.69) is 47.0 Å². The maximum Gasteiger partial charge on any atom is 0.0640 e. The summed E-state index contributed by atoms with van der Waals surface area (Å²) in [6.45, 7) is 0. The van der Waals surface area contributed by atoms with E-state index in [1.807, 2.05) is 0 Å². The Hall–Kier alpha value is 1.40. The van der Waals surface area contributed by atoms with E-state index < -0.39 is 0 Å². The van der Waals surface area contributed by atoms with Crippen molar-refractivity contribution in [3.8, 4) is 0 Å². The fraction of sp³-hybridized carbons (Fsp3) is 1.00. The first-order chi connectivity index (χ1) is 7.89. The molecule has 0 aromatic heterocycles. The van der Waals surface area contributed by atoms with Crippen molar-refractivity contribution in [2.24, 2.45) is 5.92 Å². The summed E-state index contributed by atoms with van der Waals surface area (Å²) in [5, 5.41) is 0. The number of hydrogen-bond donors (Lipinski definition) is 0.